The molecule has 0 bridgehead atoms. The number of aromatic nitrogens is 1. The maximum Gasteiger partial charge on any atom is 0.0888 e. The van der Waals surface area contributed by atoms with E-state index in [0.29, 0.717) is 5.02 Å². The van der Waals surface area contributed by atoms with Crippen LogP contribution >= 0.6 is 11.6 Å². The predicted molar refractivity (Wildman–Crippen MR) is 74.1 cm³/mol. The van der Waals surface area contributed by atoms with E-state index in [2.05, 4.69) is 22.0 Å². The number of nitrogens with zero attached hydrogens (tertiary/aromatic N) is 2. The van der Waals surface area contributed by atoms with Gasteiger partial charge >= 0.3 is 0 Å². The minimum absolute atomic E-state index is 0.694. The van der Waals surface area contributed by atoms with Crippen LogP contribution in [0.5, 0.6) is 0 Å². The Balaban J connectivity index is 2.65. The Labute approximate surface area is 107 Å². The largest absolute Gasteiger partial charge is 0.377 e. The average Bonchev–Trinajstić information content (AvgIpc) is 2.29. The summed E-state index contributed by atoms with van der Waals surface area (Å²) in [5.74, 6) is 0. The fraction of sp³-hybridized carbons (Fsp3) is 0.214. The van der Waals surface area contributed by atoms with Gasteiger partial charge in [-0.25, -0.2) is 0 Å². The molecule has 0 saturated heterocycles. The molecule has 0 unspecified atom stereocenters. The number of benzene rings is 1. The van der Waals surface area contributed by atoms with E-state index in [4.69, 9.17) is 11.6 Å². The first-order valence-corrected chi connectivity index (χ1v) is 5.89. The van der Waals surface area contributed by atoms with Gasteiger partial charge in [0, 0.05) is 31.4 Å². The van der Waals surface area contributed by atoms with Crippen LogP contribution in [0.15, 0.2) is 36.5 Å². The zero-order chi connectivity index (χ0) is 12.4. The minimum Gasteiger partial charge on any atom is -0.377 e. The van der Waals surface area contributed by atoms with Crippen LogP contribution in [0.1, 0.15) is 12.5 Å². The van der Waals surface area contributed by atoms with Crippen molar-refractivity contribution < 1.29 is 0 Å². The Morgan fingerprint density at radius 3 is 2.76 bits per heavy atom. The highest BCUT2D eigenvalue weighted by atomic mass is 35.5. The van der Waals surface area contributed by atoms with Gasteiger partial charge < -0.3 is 4.90 Å². The topological polar surface area (TPSA) is 16.1 Å². The van der Waals surface area contributed by atoms with Crippen molar-refractivity contribution in [2.75, 3.05) is 14.1 Å². The average molecular weight is 247 g/mol. The lowest BCUT2D eigenvalue weighted by Gasteiger charge is -2.18. The summed E-state index contributed by atoms with van der Waals surface area (Å²) < 4.78 is 0. The lowest BCUT2D eigenvalue weighted by Crippen LogP contribution is -2.09. The van der Waals surface area contributed by atoms with Crippen molar-refractivity contribution in [2.45, 2.75) is 6.92 Å². The van der Waals surface area contributed by atoms with Crippen molar-refractivity contribution in [3.05, 3.63) is 47.1 Å². The first-order valence-electron chi connectivity index (χ1n) is 5.51. The Morgan fingerprint density at radius 1 is 1.35 bits per heavy atom. The summed E-state index contributed by atoms with van der Waals surface area (Å²) in [4.78, 5) is 6.36. The van der Waals surface area contributed by atoms with Crippen LogP contribution in [-0.4, -0.2) is 24.0 Å². The number of hydrogen-bond acceptors (Lipinski definition) is 2. The third kappa shape index (κ3) is 2.27. The van der Waals surface area contributed by atoms with E-state index in [0.717, 1.165) is 22.2 Å². The summed E-state index contributed by atoms with van der Waals surface area (Å²) in [5.41, 5.74) is 3.12. The quantitative estimate of drug-likeness (QED) is 0.801. The fourth-order valence-electron chi connectivity index (χ4n) is 1.98. The second kappa shape index (κ2) is 4.76. The molecule has 1 aromatic heterocycles. The van der Waals surface area contributed by atoms with Crippen LogP contribution in [0.3, 0.4) is 0 Å². The van der Waals surface area contributed by atoms with Gasteiger partial charge in [-0.05, 0) is 30.7 Å². The third-order valence-corrected chi connectivity index (χ3v) is 3.00. The highest BCUT2D eigenvalue weighted by Crippen LogP contribution is 2.27. The molecule has 17 heavy (non-hydrogen) atoms. The molecule has 0 aliphatic rings. The van der Waals surface area contributed by atoms with Gasteiger partial charge in [0.15, 0.2) is 0 Å². The molecule has 0 amide bonds. The summed E-state index contributed by atoms with van der Waals surface area (Å²) in [7, 11) is 4.05. The number of rotatable bonds is 2. The van der Waals surface area contributed by atoms with Crippen LogP contribution < -0.4 is 0 Å². The lowest BCUT2D eigenvalue weighted by atomic mass is 10.1. The van der Waals surface area contributed by atoms with Crippen molar-refractivity contribution in [1.29, 1.82) is 0 Å². The molecule has 0 atom stereocenters. The zero-order valence-corrected chi connectivity index (χ0v) is 11.0. The highest BCUT2D eigenvalue weighted by Gasteiger charge is 2.07. The Morgan fingerprint density at radius 2 is 2.12 bits per heavy atom. The van der Waals surface area contributed by atoms with Crippen molar-refractivity contribution in [3.8, 4) is 0 Å². The summed E-state index contributed by atoms with van der Waals surface area (Å²) >= 11 is 6.26. The molecule has 0 fully saturated rings. The molecule has 2 nitrogen and oxygen atoms in total. The van der Waals surface area contributed by atoms with Crippen molar-refractivity contribution in [1.82, 2.24) is 9.88 Å². The Kier molecular flexibility index (Phi) is 3.34. The second-order valence-corrected chi connectivity index (χ2v) is 4.51. The molecule has 1 heterocycles. The van der Waals surface area contributed by atoms with Crippen LogP contribution in [0.2, 0.25) is 5.02 Å². The van der Waals surface area contributed by atoms with E-state index in [-0.39, 0.29) is 0 Å². The maximum atomic E-state index is 6.26. The fourth-order valence-corrected chi connectivity index (χ4v) is 2.25. The smallest absolute Gasteiger partial charge is 0.0888 e. The van der Waals surface area contributed by atoms with E-state index < -0.39 is 0 Å². The molecule has 0 aliphatic heterocycles. The third-order valence-electron chi connectivity index (χ3n) is 2.71. The Bertz CT molecular complexity index is 573. The van der Waals surface area contributed by atoms with E-state index in [1.165, 1.54) is 0 Å². The van der Waals surface area contributed by atoms with Gasteiger partial charge in [-0.3, -0.25) is 4.98 Å². The monoisotopic (exact) mass is 246 g/mol. The predicted octanol–water partition coefficient (Wildman–Crippen LogP) is 3.81. The van der Waals surface area contributed by atoms with Gasteiger partial charge in [0.1, 0.15) is 0 Å². The Hall–Kier alpha value is -1.54. The van der Waals surface area contributed by atoms with Crippen LogP contribution in [0, 0.1) is 0 Å². The minimum atomic E-state index is 0.694. The molecule has 0 saturated carbocycles. The number of halogens is 1. The molecular formula is C14H15ClN2. The number of fused-ring (bicyclic) bond motifs is 1. The number of hydrogen-bond donors (Lipinski definition) is 0. The molecule has 2 rings (SSSR count). The normalized spacial score (nSPS) is 11.9. The number of allylic oxidation sites excluding steroid dienone is 1. The SMILES string of the molecule is C/C=C(/c1cc(Cl)c2ncccc2c1)N(C)C. The molecule has 0 aliphatic carbocycles. The molecule has 1 aromatic carbocycles. The summed E-state index contributed by atoms with van der Waals surface area (Å²) in [6.07, 6.45) is 3.84. The molecular weight excluding hydrogens is 232 g/mol. The zero-order valence-electron chi connectivity index (χ0n) is 10.2. The van der Waals surface area contributed by atoms with E-state index in [1.54, 1.807) is 6.20 Å². The van der Waals surface area contributed by atoms with Crippen molar-refractivity contribution in [3.63, 3.8) is 0 Å². The maximum absolute atomic E-state index is 6.26. The van der Waals surface area contributed by atoms with Gasteiger partial charge in [-0.15, -0.1) is 0 Å². The molecule has 3 heteroatoms. The van der Waals surface area contributed by atoms with E-state index >= 15 is 0 Å². The summed E-state index contributed by atoms with van der Waals surface area (Å²) in [6.45, 7) is 2.02. The summed E-state index contributed by atoms with van der Waals surface area (Å²) in [6, 6.07) is 8.03. The van der Waals surface area contributed by atoms with Crippen molar-refractivity contribution >= 4 is 28.2 Å². The first kappa shape index (κ1) is 11.9. The van der Waals surface area contributed by atoms with E-state index in [9.17, 15) is 0 Å². The summed E-state index contributed by atoms with van der Waals surface area (Å²) in [5, 5.41) is 1.76. The van der Waals surface area contributed by atoms with Crippen LogP contribution in [-0.2, 0) is 0 Å². The van der Waals surface area contributed by atoms with Gasteiger partial charge in [-0.1, -0.05) is 23.7 Å². The van der Waals surface area contributed by atoms with Gasteiger partial charge in [-0.2, -0.15) is 0 Å². The van der Waals surface area contributed by atoms with Crippen LogP contribution in [0.4, 0.5) is 0 Å². The first-order chi connectivity index (χ1) is 8.13. The highest BCUT2D eigenvalue weighted by molar-refractivity contribution is 6.35. The van der Waals surface area contributed by atoms with Gasteiger partial charge in [0.2, 0.25) is 0 Å². The lowest BCUT2D eigenvalue weighted by molar-refractivity contribution is 0.591. The molecule has 0 radical (unpaired) electrons. The molecule has 88 valence electrons. The second-order valence-electron chi connectivity index (χ2n) is 4.10. The van der Waals surface area contributed by atoms with Gasteiger partial charge in [0.25, 0.3) is 0 Å². The molecule has 0 spiro atoms. The van der Waals surface area contributed by atoms with E-state index in [1.807, 2.05) is 39.2 Å². The van der Waals surface area contributed by atoms with Crippen molar-refractivity contribution in [2.24, 2.45) is 0 Å². The molecule has 2 aromatic rings. The van der Waals surface area contributed by atoms with Gasteiger partial charge in [0.05, 0.1) is 10.5 Å². The standard InChI is InChI=1S/C14H15ClN2/c1-4-13(17(2)3)11-8-10-6-5-7-16-14(10)12(15)9-11/h4-9H,1-3H3/b13-4-. The molecule has 0 N–H and O–H groups in total. The van der Waals surface area contributed by atoms with Crippen LogP contribution in [0.25, 0.3) is 16.6 Å². The number of pyridine rings is 1.